The van der Waals surface area contributed by atoms with Crippen molar-refractivity contribution >= 4 is 0 Å². The summed E-state index contributed by atoms with van der Waals surface area (Å²) in [7, 11) is 0. The summed E-state index contributed by atoms with van der Waals surface area (Å²) in [6.45, 7) is 10.5. The van der Waals surface area contributed by atoms with Gasteiger partial charge in [0.25, 0.3) is 0 Å². The Bertz CT molecular complexity index is 455. The first-order chi connectivity index (χ1) is 8.67. The molecule has 1 heterocycles. The highest BCUT2D eigenvalue weighted by Gasteiger charge is 2.37. The van der Waals surface area contributed by atoms with Crippen LogP contribution in [0.3, 0.4) is 0 Å². The molecular weight excluding hydrogens is 245 g/mol. The lowest BCUT2D eigenvalue weighted by molar-refractivity contribution is -0.182. The Labute approximate surface area is 114 Å². The maximum absolute atomic E-state index is 13.3. The first-order valence-corrected chi connectivity index (χ1v) is 6.57. The fraction of sp³-hybridized carbons (Fsp3) is 0.600. The Balaban J connectivity index is 2.11. The second kappa shape index (κ2) is 4.76. The van der Waals surface area contributed by atoms with E-state index in [-0.39, 0.29) is 17.0 Å². The molecule has 0 unspecified atom stereocenters. The van der Waals surface area contributed by atoms with Gasteiger partial charge in [0, 0.05) is 19.6 Å². The molecule has 2 rings (SSSR count). The van der Waals surface area contributed by atoms with Crippen molar-refractivity contribution in [1.82, 2.24) is 4.90 Å². The highest BCUT2D eigenvalue weighted by molar-refractivity contribution is 5.28. The second-order valence-corrected chi connectivity index (χ2v) is 6.55. The van der Waals surface area contributed by atoms with Gasteiger partial charge in [0.15, 0.2) is 11.6 Å². The van der Waals surface area contributed by atoms with Crippen LogP contribution >= 0.6 is 0 Å². The fourth-order valence-corrected chi connectivity index (χ4v) is 2.96. The molecule has 0 amide bonds. The topological polar surface area (TPSA) is 32.7 Å². The third-order valence-corrected chi connectivity index (χ3v) is 3.18. The summed E-state index contributed by atoms with van der Waals surface area (Å²) in [5.41, 5.74) is 0.442. The third kappa shape index (κ3) is 3.67. The molecule has 4 heteroatoms. The molecule has 0 saturated carbocycles. The predicted octanol–water partition coefficient (Wildman–Crippen LogP) is 2.92. The van der Waals surface area contributed by atoms with E-state index < -0.39 is 5.82 Å². The summed E-state index contributed by atoms with van der Waals surface area (Å²) < 4.78 is 19.4. The van der Waals surface area contributed by atoms with E-state index in [9.17, 15) is 9.50 Å². The van der Waals surface area contributed by atoms with Crippen LogP contribution in [0.4, 0.5) is 4.39 Å². The average Bonchev–Trinajstić information content (AvgIpc) is 2.18. The molecule has 3 nitrogen and oxygen atoms in total. The van der Waals surface area contributed by atoms with Gasteiger partial charge in [-0.3, -0.25) is 4.90 Å². The van der Waals surface area contributed by atoms with Gasteiger partial charge in [-0.1, -0.05) is 6.07 Å². The molecule has 1 aliphatic rings. The van der Waals surface area contributed by atoms with Crippen molar-refractivity contribution in [3.8, 4) is 5.75 Å². The van der Waals surface area contributed by atoms with Gasteiger partial charge in [0.2, 0.25) is 0 Å². The molecule has 1 fully saturated rings. The number of benzene rings is 1. The highest BCUT2D eigenvalue weighted by atomic mass is 19.1. The van der Waals surface area contributed by atoms with Gasteiger partial charge in [0.05, 0.1) is 11.2 Å². The van der Waals surface area contributed by atoms with Crippen molar-refractivity contribution in [1.29, 1.82) is 0 Å². The van der Waals surface area contributed by atoms with E-state index in [0.717, 1.165) is 18.7 Å². The quantitative estimate of drug-likeness (QED) is 0.894. The number of phenols is 1. The zero-order valence-electron chi connectivity index (χ0n) is 12.0. The number of nitrogens with zero attached hydrogens (tertiary/aromatic N) is 1. The maximum Gasteiger partial charge on any atom is 0.165 e. The largest absolute Gasteiger partial charge is 0.505 e. The first kappa shape index (κ1) is 14.3. The number of rotatable bonds is 2. The van der Waals surface area contributed by atoms with E-state index in [1.165, 1.54) is 12.1 Å². The molecule has 0 radical (unpaired) electrons. The summed E-state index contributed by atoms with van der Waals surface area (Å²) in [5, 5.41) is 9.21. The third-order valence-electron chi connectivity index (χ3n) is 3.18. The molecule has 0 aliphatic carbocycles. The minimum absolute atomic E-state index is 0.211. The Morgan fingerprint density at radius 3 is 2.32 bits per heavy atom. The summed E-state index contributed by atoms with van der Waals surface area (Å²) >= 11 is 0. The second-order valence-electron chi connectivity index (χ2n) is 6.55. The summed E-state index contributed by atoms with van der Waals surface area (Å²) in [4.78, 5) is 2.26. The molecule has 0 aromatic heterocycles. The predicted molar refractivity (Wildman–Crippen MR) is 72.6 cm³/mol. The normalized spacial score (nSPS) is 22.4. The zero-order valence-corrected chi connectivity index (χ0v) is 12.0. The molecule has 0 bridgehead atoms. The summed E-state index contributed by atoms with van der Waals surface area (Å²) in [6.07, 6.45) is 0. The van der Waals surface area contributed by atoms with Gasteiger partial charge in [-0.25, -0.2) is 4.39 Å². The molecule has 1 saturated heterocycles. The molecule has 19 heavy (non-hydrogen) atoms. The smallest absolute Gasteiger partial charge is 0.165 e. The molecule has 1 aliphatic heterocycles. The number of halogens is 1. The van der Waals surface area contributed by atoms with Crippen LogP contribution in [0, 0.1) is 5.82 Å². The summed E-state index contributed by atoms with van der Waals surface area (Å²) in [5.74, 6) is -0.865. The van der Waals surface area contributed by atoms with Gasteiger partial charge in [-0.15, -0.1) is 0 Å². The average molecular weight is 267 g/mol. The van der Waals surface area contributed by atoms with E-state index in [0.29, 0.717) is 6.54 Å². The Kier molecular flexibility index (Phi) is 3.58. The van der Waals surface area contributed by atoms with Crippen LogP contribution in [-0.4, -0.2) is 34.3 Å². The monoisotopic (exact) mass is 267 g/mol. The van der Waals surface area contributed by atoms with Crippen LogP contribution < -0.4 is 0 Å². The lowest BCUT2D eigenvalue weighted by atomic mass is 9.98. The molecule has 1 N–H and O–H groups in total. The number of phenolic OH excluding ortho intramolecular Hbond substituents is 1. The van der Waals surface area contributed by atoms with E-state index in [1.807, 2.05) is 0 Å². The van der Waals surface area contributed by atoms with Crippen LogP contribution in [0.15, 0.2) is 18.2 Å². The Morgan fingerprint density at radius 2 is 1.79 bits per heavy atom. The minimum atomic E-state index is -0.565. The van der Waals surface area contributed by atoms with Crippen LogP contribution in [0.1, 0.15) is 33.3 Å². The van der Waals surface area contributed by atoms with Crippen LogP contribution in [0.2, 0.25) is 0 Å². The van der Waals surface area contributed by atoms with Crippen LogP contribution in [0.25, 0.3) is 0 Å². The highest BCUT2D eigenvalue weighted by Crippen LogP contribution is 2.29. The molecule has 1 aromatic rings. The van der Waals surface area contributed by atoms with E-state index >= 15 is 0 Å². The maximum atomic E-state index is 13.3. The fourth-order valence-electron chi connectivity index (χ4n) is 2.96. The van der Waals surface area contributed by atoms with Crippen LogP contribution in [0.5, 0.6) is 5.75 Å². The van der Waals surface area contributed by atoms with Crippen molar-refractivity contribution < 1.29 is 14.2 Å². The molecular formula is C15H22FNO2. The Hall–Kier alpha value is -1.13. The van der Waals surface area contributed by atoms with Crippen molar-refractivity contribution in [3.63, 3.8) is 0 Å². The van der Waals surface area contributed by atoms with Gasteiger partial charge in [-0.2, -0.15) is 0 Å². The number of aromatic hydroxyl groups is 1. The number of hydrogen-bond donors (Lipinski definition) is 1. The van der Waals surface area contributed by atoms with Gasteiger partial charge < -0.3 is 9.84 Å². The zero-order chi connectivity index (χ0) is 14.3. The molecule has 0 spiro atoms. The summed E-state index contributed by atoms with van der Waals surface area (Å²) in [6, 6.07) is 4.56. The van der Waals surface area contributed by atoms with Crippen molar-refractivity contribution in [2.24, 2.45) is 0 Å². The van der Waals surface area contributed by atoms with Gasteiger partial charge in [-0.05, 0) is 45.4 Å². The number of hydrogen-bond acceptors (Lipinski definition) is 3. The SMILES string of the molecule is CC1(C)CN(Cc2ccc(O)c(F)c2)CC(C)(C)O1. The lowest BCUT2D eigenvalue weighted by Gasteiger charge is -2.47. The van der Waals surface area contributed by atoms with Crippen molar-refractivity contribution in [3.05, 3.63) is 29.6 Å². The minimum Gasteiger partial charge on any atom is -0.505 e. The van der Waals surface area contributed by atoms with Gasteiger partial charge >= 0.3 is 0 Å². The number of ether oxygens (including phenoxy) is 1. The van der Waals surface area contributed by atoms with E-state index in [4.69, 9.17) is 4.74 Å². The van der Waals surface area contributed by atoms with Crippen LogP contribution in [-0.2, 0) is 11.3 Å². The molecule has 0 atom stereocenters. The van der Waals surface area contributed by atoms with Crippen molar-refractivity contribution in [2.45, 2.75) is 45.4 Å². The van der Waals surface area contributed by atoms with Crippen molar-refractivity contribution in [2.75, 3.05) is 13.1 Å². The van der Waals surface area contributed by atoms with Gasteiger partial charge in [0.1, 0.15) is 0 Å². The number of morpholine rings is 1. The van der Waals surface area contributed by atoms with E-state index in [2.05, 4.69) is 32.6 Å². The molecule has 106 valence electrons. The van der Waals surface area contributed by atoms with E-state index in [1.54, 1.807) is 6.07 Å². The standard InChI is InChI=1S/C15H22FNO2/c1-14(2)9-17(10-15(3,4)19-14)8-11-5-6-13(18)12(16)7-11/h5-7,18H,8-10H2,1-4H3. The first-order valence-electron chi connectivity index (χ1n) is 6.57. The molecule has 1 aromatic carbocycles. The lowest BCUT2D eigenvalue weighted by Crippen LogP contribution is -2.56. The Morgan fingerprint density at radius 1 is 1.21 bits per heavy atom.